The first kappa shape index (κ1) is 27.3. The minimum atomic E-state index is -4.65. The molecule has 2 amide bonds. The number of carbonyl (C=O) groups excluding carboxylic acids is 2. The number of nitrogens with zero attached hydrogens (tertiary/aromatic N) is 1. The van der Waals surface area contributed by atoms with Crippen molar-refractivity contribution in [1.29, 1.82) is 0 Å². The van der Waals surface area contributed by atoms with E-state index in [9.17, 15) is 36.6 Å². The summed E-state index contributed by atoms with van der Waals surface area (Å²) in [4.78, 5) is 27.6. The number of hydrogen-bond acceptors (Lipinski definition) is 3. The standard InChI is InChI=1S/C29H29F5N2O3/c30-28(31)11-8-18(9-12-28)27(39)36-13-10-19(22-7-5-20(15-25(22)36)29(32,33)34)14-26(38)35-24-3-1-2-17-4-6-21(37)16-23(17)24/h1-3,5,7,14-15,18,21,37H,4,6,8-13,16H2,(H,35,38). The first-order valence-electron chi connectivity index (χ1n) is 13.1. The van der Waals surface area contributed by atoms with Crippen LogP contribution in [0.3, 0.4) is 0 Å². The fourth-order valence-corrected chi connectivity index (χ4v) is 5.79. The van der Waals surface area contributed by atoms with Crippen LogP contribution in [0.15, 0.2) is 42.5 Å². The molecule has 2 aromatic rings. The summed E-state index contributed by atoms with van der Waals surface area (Å²) in [7, 11) is 0. The van der Waals surface area contributed by atoms with Crippen molar-refractivity contribution in [2.45, 2.75) is 69.6 Å². The van der Waals surface area contributed by atoms with E-state index in [2.05, 4.69) is 5.32 Å². The Morgan fingerprint density at radius 2 is 1.79 bits per heavy atom. The lowest BCUT2D eigenvalue weighted by Crippen LogP contribution is -2.42. The van der Waals surface area contributed by atoms with E-state index >= 15 is 0 Å². The summed E-state index contributed by atoms with van der Waals surface area (Å²) in [6, 6.07) is 8.57. The van der Waals surface area contributed by atoms with Crippen LogP contribution < -0.4 is 10.2 Å². The van der Waals surface area contributed by atoms with Gasteiger partial charge in [-0.3, -0.25) is 9.59 Å². The zero-order chi connectivity index (χ0) is 27.9. The SMILES string of the molecule is O=C(C=C1CCN(C(=O)C2CCC(F)(F)CC2)c2cc(C(F)(F)F)ccc21)Nc1cccc2c1CC(O)CC2. The molecule has 0 bridgehead atoms. The summed E-state index contributed by atoms with van der Waals surface area (Å²) < 4.78 is 68.0. The van der Waals surface area contributed by atoms with Gasteiger partial charge in [0, 0.05) is 49.1 Å². The summed E-state index contributed by atoms with van der Waals surface area (Å²) in [5, 5.41) is 12.9. The number of carbonyl (C=O) groups is 2. The van der Waals surface area contributed by atoms with Crippen molar-refractivity contribution in [3.8, 4) is 0 Å². The van der Waals surface area contributed by atoms with E-state index in [0.29, 0.717) is 36.1 Å². The zero-order valence-corrected chi connectivity index (χ0v) is 21.2. The second-order valence-corrected chi connectivity index (χ2v) is 10.6. The second kappa shape index (κ2) is 10.4. The predicted molar refractivity (Wildman–Crippen MR) is 136 cm³/mol. The number of benzene rings is 2. The normalized spacial score (nSPS) is 22.3. The molecule has 3 aliphatic rings. The molecular formula is C29H29F5N2O3. The molecule has 2 N–H and O–H groups in total. The molecule has 5 rings (SSSR count). The summed E-state index contributed by atoms with van der Waals surface area (Å²) >= 11 is 0. The van der Waals surface area contributed by atoms with Crippen molar-refractivity contribution in [3.63, 3.8) is 0 Å². The minimum absolute atomic E-state index is 0.0256. The van der Waals surface area contributed by atoms with Crippen LogP contribution in [0, 0.1) is 5.92 Å². The van der Waals surface area contributed by atoms with E-state index in [1.807, 2.05) is 12.1 Å². The van der Waals surface area contributed by atoms with Crippen molar-refractivity contribution in [2.75, 3.05) is 16.8 Å². The fourth-order valence-electron chi connectivity index (χ4n) is 5.79. The number of hydrogen-bond donors (Lipinski definition) is 2. The molecule has 0 radical (unpaired) electrons. The average molecular weight is 549 g/mol. The number of nitrogens with one attached hydrogen (secondary N) is 1. The third-order valence-electron chi connectivity index (χ3n) is 7.92. The van der Waals surface area contributed by atoms with Gasteiger partial charge in [-0.2, -0.15) is 13.2 Å². The lowest BCUT2D eigenvalue weighted by molar-refractivity contribution is -0.137. The van der Waals surface area contributed by atoms with Crippen molar-refractivity contribution < 1.29 is 36.6 Å². The number of halogens is 5. The zero-order valence-electron chi connectivity index (χ0n) is 21.2. The number of aliphatic hydroxyl groups is 1. The second-order valence-electron chi connectivity index (χ2n) is 10.6. The van der Waals surface area contributed by atoms with E-state index in [4.69, 9.17) is 0 Å². The predicted octanol–water partition coefficient (Wildman–Crippen LogP) is 6.14. The fraction of sp³-hybridized carbons (Fsp3) is 0.448. The number of fused-ring (bicyclic) bond motifs is 2. The topological polar surface area (TPSA) is 69.6 Å². The largest absolute Gasteiger partial charge is 0.416 e. The summed E-state index contributed by atoms with van der Waals surface area (Å²) in [5.74, 6) is -4.47. The quantitative estimate of drug-likeness (QED) is 0.358. The van der Waals surface area contributed by atoms with Gasteiger partial charge in [0.15, 0.2) is 0 Å². The molecule has 1 unspecified atom stereocenters. The Morgan fingerprint density at radius 3 is 2.51 bits per heavy atom. The van der Waals surface area contributed by atoms with E-state index in [1.54, 1.807) is 6.07 Å². The van der Waals surface area contributed by atoms with Crippen molar-refractivity contribution in [2.24, 2.45) is 5.92 Å². The molecule has 0 aromatic heterocycles. The number of alkyl halides is 5. The Labute approximate surface area is 222 Å². The highest BCUT2D eigenvalue weighted by Gasteiger charge is 2.40. The van der Waals surface area contributed by atoms with Gasteiger partial charge in [0.05, 0.1) is 17.4 Å². The van der Waals surface area contributed by atoms with Crippen LogP contribution in [0.1, 0.15) is 60.8 Å². The monoisotopic (exact) mass is 548 g/mol. The molecule has 1 aliphatic heterocycles. The molecule has 5 nitrogen and oxygen atoms in total. The van der Waals surface area contributed by atoms with E-state index < -0.39 is 54.3 Å². The van der Waals surface area contributed by atoms with Crippen molar-refractivity contribution in [3.05, 3.63) is 64.7 Å². The molecule has 0 spiro atoms. The Bertz CT molecular complexity index is 1310. The van der Waals surface area contributed by atoms with Crippen molar-refractivity contribution in [1.82, 2.24) is 0 Å². The van der Waals surface area contributed by atoms with Crippen LogP contribution in [-0.4, -0.2) is 35.5 Å². The molecule has 208 valence electrons. The van der Waals surface area contributed by atoms with Crippen LogP contribution in [0.5, 0.6) is 0 Å². The van der Waals surface area contributed by atoms with Gasteiger partial charge in [-0.15, -0.1) is 0 Å². The van der Waals surface area contributed by atoms with Crippen molar-refractivity contribution >= 4 is 28.8 Å². The number of amides is 2. The van der Waals surface area contributed by atoms with Crippen LogP contribution >= 0.6 is 0 Å². The molecular weight excluding hydrogens is 519 g/mol. The lowest BCUT2D eigenvalue weighted by atomic mass is 9.84. The Morgan fingerprint density at radius 1 is 1.05 bits per heavy atom. The molecule has 2 aliphatic carbocycles. The number of rotatable bonds is 3. The molecule has 1 heterocycles. The molecule has 39 heavy (non-hydrogen) atoms. The van der Waals surface area contributed by atoms with Gasteiger partial charge in [0.25, 0.3) is 0 Å². The van der Waals surface area contributed by atoms with Gasteiger partial charge in [0.2, 0.25) is 17.7 Å². The average Bonchev–Trinajstić information content (AvgIpc) is 2.88. The van der Waals surface area contributed by atoms with Crippen LogP contribution in [0.25, 0.3) is 5.57 Å². The molecule has 0 saturated heterocycles. The summed E-state index contributed by atoms with van der Waals surface area (Å²) in [6.45, 7) is 0.0338. The van der Waals surface area contributed by atoms with Gasteiger partial charge < -0.3 is 15.3 Å². The summed E-state index contributed by atoms with van der Waals surface area (Å²) in [5.41, 5.74) is 2.36. The lowest BCUT2D eigenvalue weighted by Gasteiger charge is -2.36. The van der Waals surface area contributed by atoms with Gasteiger partial charge in [-0.05, 0) is 67.0 Å². The van der Waals surface area contributed by atoms with Crippen LogP contribution in [-0.2, 0) is 28.6 Å². The first-order chi connectivity index (χ1) is 18.4. The van der Waals surface area contributed by atoms with E-state index in [-0.39, 0.29) is 31.5 Å². The molecule has 1 fully saturated rings. The first-order valence-corrected chi connectivity index (χ1v) is 13.1. The van der Waals surface area contributed by atoms with Crippen LogP contribution in [0.4, 0.5) is 33.3 Å². The van der Waals surface area contributed by atoms with E-state index in [0.717, 1.165) is 23.3 Å². The molecule has 10 heteroatoms. The number of aliphatic hydroxyl groups excluding tert-OH is 1. The molecule has 1 atom stereocenters. The Balaban J connectivity index is 1.43. The third kappa shape index (κ3) is 5.85. The van der Waals surface area contributed by atoms with Crippen LogP contribution in [0.2, 0.25) is 0 Å². The highest BCUT2D eigenvalue weighted by molar-refractivity contribution is 6.07. The number of anilines is 2. The van der Waals surface area contributed by atoms with Gasteiger partial charge in [-0.25, -0.2) is 8.78 Å². The molecule has 1 saturated carbocycles. The summed E-state index contributed by atoms with van der Waals surface area (Å²) in [6.07, 6.45) is -2.78. The maximum atomic E-state index is 13.6. The number of aryl methyl sites for hydroxylation is 1. The minimum Gasteiger partial charge on any atom is -0.393 e. The maximum absolute atomic E-state index is 13.6. The van der Waals surface area contributed by atoms with Gasteiger partial charge in [0.1, 0.15) is 0 Å². The van der Waals surface area contributed by atoms with Gasteiger partial charge >= 0.3 is 6.18 Å². The highest BCUT2D eigenvalue weighted by atomic mass is 19.4. The Hall–Kier alpha value is -3.27. The maximum Gasteiger partial charge on any atom is 0.416 e. The molecule has 2 aromatic carbocycles. The smallest absolute Gasteiger partial charge is 0.393 e. The Kier molecular flexibility index (Phi) is 7.26. The van der Waals surface area contributed by atoms with Gasteiger partial charge in [-0.1, -0.05) is 18.2 Å². The highest BCUT2D eigenvalue weighted by Crippen LogP contribution is 2.42. The van der Waals surface area contributed by atoms with E-state index in [1.165, 1.54) is 17.0 Å². The third-order valence-corrected chi connectivity index (χ3v) is 7.92.